The van der Waals surface area contributed by atoms with Crippen molar-refractivity contribution in [1.29, 1.82) is 0 Å². The van der Waals surface area contributed by atoms with Gasteiger partial charge in [0, 0.05) is 23.6 Å². The minimum absolute atomic E-state index is 0.0776. The second-order valence-electron chi connectivity index (χ2n) is 6.09. The maximum absolute atomic E-state index is 12.1. The Morgan fingerprint density at radius 2 is 1.71 bits per heavy atom. The molecule has 148 valence electrons. The van der Waals surface area contributed by atoms with Gasteiger partial charge in [-0.1, -0.05) is 48.3 Å². The summed E-state index contributed by atoms with van der Waals surface area (Å²) in [6.45, 7) is 1.93. The number of thiocarbonyl (C=S) groups is 1. The highest BCUT2D eigenvalue weighted by Gasteiger charge is 2.10. The topological polar surface area (TPSA) is 70.2 Å². The number of nitrogens with one attached hydrogen (secondary N) is 3. The molecule has 0 saturated carbocycles. The molecule has 0 aliphatic carbocycles. The van der Waals surface area contributed by atoms with Crippen molar-refractivity contribution < 1.29 is 9.59 Å². The highest BCUT2D eigenvalue weighted by atomic mass is 35.5. The van der Waals surface area contributed by atoms with Crippen LogP contribution in [-0.2, 0) is 16.0 Å². The molecule has 2 amide bonds. The molecule has 0 fully saturated rings. The van der Waals surface area contributed by atoms with E-state index in [1.807, 2.05) is 25.1 Å². The van der Waals surface area contributed by atoms with E-state index in [0.29, 0.717) is 34.3 Å². The number of amides is 2. The van der Waals surface area contributed by atoms with E-state index in [9.17, 15) is 9.59 Å². The monoisotopic (exact) mass is 437 g/mol. The van der Waals surface area contributed by atoms with Gasteiger partial charge in [0.25, 0.3) is 0 Å². The van der Waals surface area contributed by atoms with Crippen LogP contribution in [0.2, 0.25) is 10.0 Å². The molecule has 5 nitrogen and oxygen atoms in total. The highest BCUT2D eigenvalue weighted by Crippen LogP contribution is 2.25. The first-order valence-corrected chi connectivity index (χ1v) is 9.99. The number of carbonyl (C=O) groups is 2. The van der Waals surface area contributed by atoms with Crippen LogP contribution in [0.1, 0.15) is 31.7 Å². The van der Waals surface area contributed by atoms with Crippen LogP contribution in [0.15, 0.2) is 42.5 Å². The van der Waals surface area contributed by atoms with Crippen LogP contribution in [-0.4, -0.2) is 16.9 Å². The summed E-state index contributed by atoms with van der Waals surface area (Å²) < 4.78 is 0. The zero-order valence-electron chi connectivity index (χ0n) is 15.4. The molecule has 0 spiro atoms. The standard InChI is InChI=1S/C20H21Cl2N3O2S/c1-2-5-18(26)23-14-9-10-16(22)17(12-14)24-20(28)25-19(27)11-8-13-6-3-4-7-15(13)21/h3-4,6-7,9-10,12H,2,5,8,11H2,1H3,(H,23,26)(H2,24,25,27,28). The molecule has 2 aromatic carbocycles. The molecule has 3 N–H and O–H groups in total. The average molecular weight is 438 g/mol. The summed E-state index contributed by atoms with van der Waals surface area (Å²) in [5.41, 5.74) is 1.99. The number of anilines is 2. The predicted octanol–water partition coefficient (Wildman–Crippen LogP) is 5.18. The Morgan fingerprint density at radius 1 is 0.964 bits per heavy atom. The van der Waals surface area contributed by atoms with Gasteiger partial charge in [0.2, 0.25) is 11.8 Å². The van der Waals surface area contributed by atoms with Gasteiger partial charge in [-0.2, -0.15) is 0 Å². The van der Waals surface area contributed by atoms with E-state index >= 15 is 0 Å². The van der Waals surface area contributed by atoms with Crippen molar-refractivity contribution in [2.45, 2.75) is 32.6 Å². The lowest BCUT2D eigenvalue weighted by molar-refractivity contribution is -0.119. The molecular formula is C20H21Cl2N3O2S. The minimum Gasteiger partial charge on any atom is -0.331 e. The fourth-order valence-electron chi connectivity index (χ4n) is 2.44. The van der Waals surface area contributed by atoms with Gasteiger partial charge in [-0.15, -0.1) is 0 Å². The molecule has 0 unspecified atom stereocenters. The minimum atomic E-state index is -0.235. The zero-order chi connectivity index (χ0) is 20.5. The molecule has 0 radical (unpaired) electrons. The molecule has 0 saturated heterocycles. The van der Waals surface area contributed by atoms with Crippen molar-refractivity contribution in [1.82, 2.24) is 5.32 Å². The van der Waals surface area contributed by atoms with Gasteiger partial charge in [0.15, 0.2) is 5.11 Å². The van der Waals surface area contributed by atoms with Crippen molar-refractivity contribution in [3.8, 4) is 0 Å². The fourth-order valence-corrected chi connectivity index (χ4v) is 3.06. The van der Waals surface area contributed by atoms with E-state index in [2.05, 4.69) is 16.0 Å². The molecule has 0 aromatic heterocycles. The summed E-state index contributed by atoms with van der Waals surface area (Å²) >= 11 is 17.5. The van der Waals surface area contributed by atoms with Gasteiger partial charge in [-0.3, -0.25) is 9.59 Å². The number of rotatable bonds is 7. The summed E-state index contributed by atoms with van der Waals surface area (Å²) in [6, 6.07) is 12.4. The highest BCUT2D eigenvalue weighted by molar-refractivity contribution is 7.80. The first kappa shape index (κ1) is 22.1. The largest absolute Gasteiger partial charge is 0.331 e. The summed E-state index contributed by atoms with van der Waals surface area (Å²) in [7, 11) is 0. The number of halogens is 2. The molecule has 0 aliphatic rings. The van der Waals surface area contributed by atoms with E-state index in [-0.39, 0.29) is 23.3 Å². The molecule has 28 heavy (non-hydrogen) atoms. The lowest BCUT2D eigenvalue weighted by atomic mass is 10.1. The number of hydrogen-bond donors (Lipinski definition) is 3. The quantitative estimate of drug-likeness (QED) is 0.521. The summed E-state index contributed by atoms with van der Waals surface area (Å²) in [6.07, 6.45) is 1.94. The Hall–Kier alpha value is -2.15. The smallest absolute Gasteiger partial charge is 0.226 e. The second kappa shape index (κ2) is 11.0. The Labute approximate surface area is 179 Å². The number of benzene rings is 2. The second-order valence-corrected chi connectivity index (χ2v) is 7.31. The van der Waals surface area contributed by atoms with E-state index in [1.165, 1.54) is 0 Å². The molecule has 0 heterocycles. The van der Waals surface area contributed by atoms with Gasteiger partial charge < -0.3 is 16.0 Å². The van der Waals surface area contributed by atoms with E-state index < -0.39 is 0 Å². The fraction of sp³-hybridized carbons (Fsp3) is 0.250. The Balaban J connectivity index is 1.90. The van der Waals surface area contributed by atoms with E-state index in [4.69, 9.17) is 35.4 Å². The van der Waals surface area contributed by atoms with Gasteiger partial charge in [-0.25, -0.2) is 0 Å². The Bertz CT molecular complexity index is 874. The molecule has 0 atom stereocenters. The maximum atomic E-state index is 12.1. The summed E-state index contributed by atoms with van der Waals surface area (Å²) in [5.74, 6) is -0.313. The van der Waals surface area contributed by atoms with Crippen molar-refractivity contribution >= 4 is 63.7 Å². The third-order valence-electron chi connectivity index (χ3n) is 3.81. The molecule has 2 aromatic rings. The molecule has 0 aliphatic heterocycles. The average Bonchev–Trinajstić information content (AvgIpc) is 2.64. The molecule has 2 rings (SSSR count). The third kappa shape index (κ3) is 7.11. The number of aryl methyl sites for hydroxylation is 1. The van der Waals surface area contributed by atoms with Gasteiger partial charge in [0.1, 0.15) is 0 Å². The molecular weight excluding hydrogens is 417 g/mol. The van der Waals surface area contributed by atoms with Crippen LogP contribution in [0, 0.1) is 0 Å². The van der Waals surface area contributed by atoms with Crippen LogP contribution in [0.5, 0.6) is 0 Å². The van der Waals surface area contributed by atoms with Crippen molar-refractivity contribution in [3.63, 3.8) is 0 Å². The summed E-state index contributed by atoms with van der Waals surface area (Å²) in [5, 5.41) is 9.47. The van der Waals surface area contributed by atoms with Crippen LogP contribution in [0.25, 0.3) is 0 Å². The van der Waals surface area contributed by atoms with E-state index in [0.717, 1.165) is 12.0 Å². The Morgan fingerprint density at radius 3 is 2.43 bits per heavy atom. The van der Waals surface area contributed by atoms with Crippen LogP contribution < -0.4 is 16.0 Å². The normalized spacial score (nSPS) is 10.2. The third-order valence-corrected chi connectivity index (χ3v) is 4.71. The first-order valence-electron chi connectivity index (χ1n) is 8.82. The van der Waals surface area contributed by atoms with Crippen molar-refractivity contribution in [2.75, 3.05) is 10.6 Å². The molecule has 0 bridgehead atoms. The van der Waals surface area contributed by atoms with Crippen LogP contribution in [0.4, 0.5) is 11.4 Å². The van der Waals surface area contributed by atoms with Crippen molar-refractivity contribution in [3.05, 3.63) is 58.1 Å². The van der Waals surface area contributed by atoms with Crippen LogP contribution in [0.3, 0.4) is 0 Å². The first-order chi connectivity index (χ1) is 13.4. The summed E-state index contributed by atoms with van der Waals surface area (Å²) in [4.78, 5) is 23.9. The lowest BCUT2D eigenvalue weighted by Crippen LogP contribution is -2.34. The maximum Gasteiger partial charge on any atom is 0.226 e. The number of hydrogen-bond acceptors (Lipinski definition) is 3. The molecule has 8 heteroatoms. The van der Waals surface area contributed by atoms with Crippen molar-refractivity contribution in [2.24, 2.45) is 0 Å². The van der Waals surface area contributed by atoms with Gasteiger partial charge in [-0.05, 0) is 54.9 Å². The van der Waals surface area contributed by atoms with Gasteiger partial charge >= 0.3 is 0 Å². The van der Waals surface area contributed by atoms with Crippen LogP contribution >= 0.6 is 35.4 Å². The lowest BCUT2D eigenvalue weighted by Gasteiger charge is -2.13. The zero-order valence-corrected chi connectivity index (χ0v) is 17.7. The SMILES string of the molecule is CCCC(=O)Nc1ccc(Cl)c(NC(=S)NC(=O)CCc2ccccc2Cl)c1. The number of carbonyl (C=O) groups excluding carboxylic acids is 2. The predicted molar refractivity (Wildman–Crippen MR) is 119 cm³/mol. The van der Waals surface area contributed by atoms with Gasteiger partial charge in [0.05, 0.1) is 10.7 Å². The van der Waals surface area contributed by atoms with E-state index in [1.54, 1.807) is 24.3 Å². The Kier molecular flexibility index (Phi) is 8.70.